The van der Waals surface area contributed by atoms with Gasteiger partial charge in [-0.3, -0.25) is 9.59 Å². The van der Waals surface area contributed by atoms with Crippen LogP contribution in [-0.4, -0.2) is 24.9 Å². The van der Waals surface area contributed by atoms with Crippen LogP contribution in [0.25, 0.3) is 0 Å². The van der Waals surface area contributed by atoms with Crippen molar-refractivity contribution in [2.45, 2.75) is 6.92 Å². The molecule has 1 heterocycles. The molecule has 0 saturated heterocycles. The van der Waals surface area contributed by atoms with E-state index in [0.29, 0.717) is 22.7 Å². The highest BCUT2D eigenvalue weighted by molar-refractivity contribution is 5.97. The summed E-state index contributed by atoms with van der Waals surface area (Å²) in [6.07, 6.45) is 0. The molecule has 0 aliphatic carbocycles. The summed E-state index contributed by atoms with van der Waals surface area (Å²) in [7, 11) is 0. The van der Waals surface area contributed by atoms with Crippen LogP contribution in [0.4, 0.5) is 5.69 Å². The monoisotopic (exact) mass is 297 g/mol. The number of fused-ring (bicyclic) bond motifs is 1. The van der Waals surface area contributed by atoms with Crippen molar-refractivity contribution in [1.29, 1.82) is 0 Å². The van der Waals surface area contributed by atoms with E-state index >= 15 is 0 Å². The van der Waals surface area contributed by atoms with Gasteiger partial charge in [0.1, 0.15) is 11.5 Å². The van der Waals surface area contributed by atoms with Gasteiger partial charge in [-0.2, -0.15) is 0 Å². The van der Waals surface area contributed by atoms with Crippen molar-refractivity contribution < 1.29 is 19.1 Å². The first-order valence-electron chi connectivity index (χ1n) is 6.91. The highest BCUT2D eigenvalue weighted by Crippen LogP contribution is 2.31. The first-order valence-corrected chi connectivity index (χ1v) is 6.91. The van der Waals surface area contributed by atoms with Gasteiger partial charge in [0.2, 0.25) is 0 Å². The van der Waals surface area contributed by atoms with Crippen LogP contribution < -0.4 is 14.8 Å². The number of rotatable bonds is 4. The second-order valence-corrected chi connectivity index (χ2v) is 5.07. The lowest BCUT2D eigenvalue weighted by molar-refractivity contribution is -0.118. The Morgan fingerprint density at radius 2 is 2.00 bits per heavy atom. The lowest BCUT2D eigenvalue weighted by Gasteiger charge is -2.18. The van der Waals surface area contributed by atoms with Gasteiger partial charge in [-0.05, 0) is 19.1 Å². The Labute approximate surface area is 127 Å². The normalized spacial score (nSPS) is 12.9. The minimum atomic E-state index is -0.208. The zero-order chi connectivity index (χ0) is 15.5. The fourth-order valence-corrected chi connectivity index (χ4v) is 2.12. The van der Waals surface area contributed by atoms with Gasteiger partial charge >= 0.3 is 0 Å². The fourth-order valence-electron chi connectivity index (χ4n) is 2.12. The van der Waals surface area contributed by atoms with E-state index in [2.05, 4.69) is 5.32 Å². The molecule has 0 aromatic heterocycles. The molecule has 0 fully saturated rings. The molecule has 1 aliphatic rings. The smallest absolute Gasteiger partial charge is 0.262 e. The van der Waals surface area contributed by atoms with E-state index in [-0.39, 0.29) is 24.9 Å². The van der Waals surface area contributed by atoms with Crippen molar-refractivity contribution in [2.75, 3.05) is 18.5 Å². The summed E-state index contributed by atoms with van der Waals surface area (Å²) in [5, 5.41) is 2.70. The molecule has 5 nitrogen and oxygen atoms in total. The van der Waals surface area contributed by atoms with Gasteiger partial charge in [0.25, 0.3) is 5.91 Å². The summed E-state index contributed by atoms with van der Waals surface area (Å²) in [6.45, 7) is 1.92. The van der Waals surface area contributed by atoms with Crippen molar-refractivity contribution in [1.82, 2.24) is 0 Å². The van der Waals surface area contributed by atoms with Gasteiger partial charge in [0, 0.05) is 11.6 Å². The van der Waals surface area contributed by atoms with Crippen molar-refractivity contribution in [3.05, 3.63) is 53.6 Å². The number of amides is 1. The third-order valence-corrected chi connectivity index (χ3v) is 3.33. The molecule has 112 valence electrons. The second kappa shape index (κ2) is 5.89. The number of Topliss-reactive ketones (excluding diaryl/α,β-unsaturated/α-hetero) is 1. The Balaban J connectivity index is 1.66. The summed E-state index contributed by atoms with van der Waals surface area (Å²) in [5.74, 6) is 0.792. The second-order valence-electron chi connectivity index (χ2n) is 5.07. The van der Waals surface area contributed by atoms with E-state index in [1.54, 1.807) is 30.3 Å². The maximum Gasteiger partial charge on any atom is 0.262 e. The molecule has 0 bridgehead atoms. The molecule has 3 rings (SSSR count). The summed E-state index contributed by atoms with van der Waals surface area (Å²) >= 11 is 0. The summed E-state index contributed by atoms with van der Waals surface area (Å²) in [6, 6.07) is 12.4. The maximum atomic E-state index is 12.1. The van der Waals surface area contributed by atoms with Crippen LogP contribution >= 0.6 is 0 Å². The molecule has 22 heavy (non-hydrogen) atoms. The van der Waals surface area contributed by atoms with Gasteiger partial charge in [0.15, 0.2) is 19.0 Å². The zero-order valence-electron chi connectivity index (χ0n) is 12.1. The molecule has 5 heteroatoms. The van der Waals surface area contributed by atoms with Crippen LogP contribution in [0.2, 0.25) is 0 Å². The Morgan fingerprint density at radius 3 is 2.77 bits per heavy atom. The number of ether oxygens (including phenoxy) is 2. The molecule has 1 N–H and O–H groups in total. The molecule has 2 aromatic rings. The number of carbonyl (C=O) groups is 2. The van der Waals surface area contributed by atoms with E-state index in [1.807, 2.05) is 19.1 Å². The minimum Gasteiger partial charge on any atom is -0.485 e. The zero-order valence-corrected chi connectivity index (χ0v) is 12.1. The van der Waals surface area contributed by atoms with Crippen LogP contribution in [0.3, 0.4) is 0 Å². The molecule has 0 saturated carbocycles. The van der Waals surface area contributed by atoms with E-state index in [0.717, 1.165) is 5.56 Å². The highest BCUT2D eigenvalue weighted by Gasteiger charge is 2.16. The number of aryl methyl sites for hydroxylation is 1. The number of benzene rings is 2. The van der Waals surface area contributed by atoms with Crippen LogP contribution in [-0.2, 0) is 4.79 Å². The molecule has 2 aromatic carbocycles. The molecule has 1 aliphatic heterocycles. The average Bonchev–Trinajstić information content (AvgIpc) is 2.53. The molecule has 0 unspecified atom stereocenters. The van der Waals surface area contributed by atoms with E-state index in [4.69, 9.17) is 9.47 Å². The Kier molecular flexibility index (Phi) is 3.78. The SMILES string of the molecule is Cc1ccc(C(=O)COc2ccc3c(c2)NC(=O)CO3)cc1. The van der Waals surface area contributed by atoms with Crippen LogP contribution in [0.1, 0.15) is 15.9 Å². The maximum absolute atomic E-state index is 12.1. The largest absolute Gasteiger partial charge is 0.485 e. The number of hydrogen-bond donors (Lipinski definition) is 1. The van der Waals surface area contributed by atoms with Crippen molar-refractivity contribution >= 4 is 17.4 Å². The van der Waals surface area contributed by atoms with E-state index in [9.17, 15) is 9.59 Å². The van der Waals surface area contributed by atoms with Crippen LogP contribution in [0.5, 0.6) is 11.5 Å². The first kappa shape index (κ1) is 14.1. The molecule has 0 radical (unpaired) electrons. The van der Waals surface area contributed by atoms with Gasteiger partial charge < -0.3 is 14.8 Å². The van der Waals surface area contributed by atoms with Gasteiger partial charge in [-0.1, -0.05) is 29.8 Å². The van der Waals surface area contributed by atoms with Crippen molar-refractivity contribution in [3.8, 4) is 11.5 Å². The van der Waals surface area contributed by atoms with Crippen molar-refractivity contribution in [3.63, 3.8) is 0 Å². The topological polar surface area (TPSA) is 64.6 Å². The highest BCUT2D eigenvalue weighted by atomic mass is 16.5. The number of ketones is 1. The van der Waals surface area contributed by atoms with Gasteiger partial charge in [-0.15, -0.1) is 0 Å². The molecule has 0 atom stereocenters. The predicted molar refractivity (Wildman–Crippen MR) is 81.6 cm³/mol. The van der Waals surface area contributed by atoms with Crippen molar-refractivity contribution in [2.24, 2.45) is 0 Å². The Morgan fingerprint density at radius 1 is 1.23 bits per heavy atom. The lowest BCUT2D eigenvalue weighted by atomic mass is 10.1. The number of carbonyl (C=O) groups excluding carboxylic acids is 2. The lowest BCUT2D eigenvalue weighted by Crippen LogP contribution is -2.25. The summed E-state index contributed by atoms with van der Waals surface area (Å²) < 4.78 is 10.8. The van der Waals surface area contributed by atoms with Gasteiger partial charge in [-0.25, -0.2) is 0 Å². The summed E-state index contributed by atoms with van der Waals surface area (Å²) in [5.41, 5.74) is 2.26. The number of nitrogens with one attached hydrogen (secondary N) is 1. The fraction of sp³-hybridized carbons (Fsp3) is 0.176. The predicted octanol–water partition coefficient (Wildman–Crippen LogP) is 2.59. The third-order valence-electron chi connectivity index (χ3n) is 3.33. The standard InChI is InChI=1S/C17H15NO4/c1-11-2-4-12(5-3-11)15(19)9-21-13-6-7-16-14(8-13)18-17(20)10-22-16/h2-8H,9-10H2,1H3,(H,18,20). The average molecular weight is 297 g/mol. The molecular weight excluding hydrogens is 282 g/mol. The molecular formula is C17H15NO4. The number of hydrogen-bond acceptors (Lipinski definition) is 4. The first-order chi connectivity index (χ1) is 10.6. The third kappa shape index (κ3) is 3.09. The quantitative estimate of drug-likeness (QED) is 0.881. The van der Waals surface area contributed by atoms with E-state index < -0.39 is 0 Å². The molecule has 0 spiro atoms. The minimum absolute atomic E-state index is 0.0130. The van der Waals surface area contributed by atoms with E-state index in [1.165, 1.54) is 0 Å². The number of anilines is 1. The van der Waals surface area contributed by atoms with Crippen LogP contribution in [0, 0.1) is 6.92 Å². The summed E-state index contributed by atoms with van der Waals surface area (Å²) in [4.78, 5) is 23.3. The van der Waals surface area contributed by atoms with Crippen LogP contribution in [0.15, 0.2) is 42.5 Å². The Bertz CT molecular complexity index is 722. The Hall–Kier alpha value is -2.82. The molecule has 1 amide bonds. The van der Waals surface area contributed by atoms with Gasteiger partial charge in [0.05, 0.1) is 5.69 Å².